The van der Waals surface area contributed by atoms with Gasteiger partial charge in [0, 0.05) is 37.7 Å². The molecule has 0 fully saturated rings. The normalized spacial score (nSPS) is 14.4. The fourth-order valence-electron chi connectivity index (χ4n) is 2.98. The average Bonchev–Trinajstić information content (AvgIpc) is 3.00. The molecule has 2 heterocycles. The molecule has 0 unspecified atom stereocenters. The Labute approximate surface area is 154 Å². The molecule has 1 aromatic carbocycles. The highest BCUT2D eigenvalue weighted by atomic mass is 16.2. The van der Waals surface area contributed by atoms with Crippen molar-refractivity contribution < 1.29 is 4.79 Å². The van der Waals surface area contributed by atoms with Gasteiger partial charge in [0.1, 0.15) is 0 Å². The lowest BCUT2D eigenvalue weighted by atomic mass is 10.0. The predicted octanol–water partition coefficient (Wildman–Crippen LogP) is 2.49. The zero-order valence-electron chi connectivity index (χ0n) is 15.2. The van der Waals surface area contributed by atoms with Crippen LogP contribution >= 0.6 is 0 Å². The van der Waals surface area contributed by atoms with Crippen LogP contribution in [-0.4, -0.2) is 39.5 Å². The molecule has 0 saturated carbocycles. The Kier molecular flexibility index (Phi) is 5.96. The summed E-state index contributed by atoms with van der Waals surface area (Å²) in [5, 5.41) is 14.0. The second-order valence-electron chi connectivity index (χ2n) is 6.36. The molecular weight excluding hydrogens is 326 g/mol. The van der Waals surface area contributed by atoms with Gasteiger partial charge in [0.05, 0.1) is 24.5 Å². The number of carbonyl (C=O) groups excluding carboxylic acids is 1. The van der Waals surface area contributed by atoms with Gasteiger partial charge in [0.15, 0.2) is 0 Å². The standard InChI is InChI=1S/C20H25N5O/c1-3-12-24-15-18(16(2)22-24)14-21-11-13-25-20(26)10-9-19(23-25)17-7-5-4-6-8-17/h3-8,15,21H,1,9-14H2,2H3. The first-order valence-electron chi connectivity index (χ1n) is 8.95. The maximum atomic E-state index is 12.1. The molecule has 0 radical (unpaired) electrons. The van der Waals surface area contributed by atoms with E-state index < -0.39 is 0 Å². The minimum absolute atomic E-state index is 0.0847. The Morgan fingerprint density at radius 2 is 2.08 bits per heavy atom. The van der Waals surface area contributed by atoms with Gasteiger partial charge in [-0.2, -0.15) is 10.2 Å². The second kappa shape index (κ2) is 8.58. The van der Waals surface area contributed by atoms with Crippen LogP contribution in [0.25, 0.3) is 0 Å². The Hall–Kier alpha value is -2.73. The molecule has 3 rings (SSSR count). The van der Waals surface area contributed by atoms with Crippen molar-refractivity contribution in [1.29, 1.82) is 0 Å². The zero-order valence-corrected chi connectivity index (χ0v) is 15.2. The van der Waals surface area contributed by atoms with Crippen molar-refractivity contribution in [2.45, 2.75) is 32.9 Å². The summed E-state index contributed by atoms with van der Waals surface area (Å²) in [7, 11) is 0. The van der Waals surface area contributed by atoms with Crippen LogP contribution in [0, 0.1) is 6.92 Å². The van der Waals surface area contributed by atoms with E-state index in [1.165, 1.54) is 0 Å². The molecule has 1 aliphatic heterocycles. The van der Waals surface area contributed by atoms with E-state index in [2.05, 4.69) is 22.1 Å². The lowest BCUT2D eigenvalue weighted by Crippen LogP contribution is -2.36. The van der Waals surface area contributed by atoms with Crippen LogP contribution < -0.4 is 5.32 Å². The number of rotatable bonds is 8. The van der Waals surface area contributed by atoms with Gasteiger partial charge in [-0.3, -0.25) is 9.48 Å². The highest BCUT2D eigenvalue weighted by molar-refractivity contribution is 6.04. The third-order valence-electron chi connectivity index (χ3n) is 4.39. The molecule has 2 aromatic rings. The van der Waals surface area contributed by atoms with Crippen molar-refractivity contribution in [3.05, 3.63) is 66.0 Å². The lowest BCUT2D eigenvalue weighted by Gasteiger charge is -2.23. The monoisotopic (exact) mass is 351 g/mol. The van der Waals surface area contributed by atoms with Crippen LogP contribution in [0.5, 0.6) is 0 Å². The Morgan fingerprint density at radius 3 is 2.85 bits per heavy atom. The molecule has 1 amide bonds. The summed E-state index contributed by atoms with van der Waals surface area (Å²) in [6.07, 6.45) is 5.07. The van der Waals surface area contributed by atoms with Gasteiger partial charge in [-0.25, -0.2) is 5.01 Å². The molecule has 136 valence electrons. The number of aryl methyl sites for hydroxylation is 1. The smallest absolute Gasteiger partial charge is 0.243 e. The Bertz CT molecular complexity index is 794. The zero-order chi connectivity index (χ0) is 18.4. The van der Waals surface area contributed by atoms with E-state index in [0.717, 1.165) is 29.1 Å². The van der Waals surface area contributed by atoms with E-state index in [9.17, 15) is 4.79 Å². The highest BCUT2D eigenvalue weighted by Crippen LogP contribution is 2.14. The summed E-state index contributed by atoms with van der Waals surface area (Å²) < 4.78 is 1.88. The molecule has 0 atom stereocenters. The lowest BCUT2D eigenvalue weighted by molar-refractivity contribution is -0.131. The van der Waals surface area contributed by atoms with E-state index in [-0.39, 0.29) is 5.91 Å². The number of hydrogen-bond acceptors (Lipinski definition) is 4. The fraction of sp³-hybridized carbons (Fsp3) is 0.350. The topological polar surface area (TPSA) is 62.5 Å². The number of hydrogen-bond donors (Lipinski definition) is 1. The third kappa shape index (κ3) is 4.46. The SMILES string of the molecule is C=CCn1cc(CNCCN2N=C(c3ccccc3)CCC2=O)c(C)n1. The van der Waals surface area contributed by atoms with Gasteiger partial charge >= 0.3 is 0 Å². The van der Waals surface area contributed by atoms with Crippen molar-refractivity contribution >= 4 is 11.6 Å². The molecule has 26 heavy (non-hydrogen) atoms. The quantitative estimate of drug-likeness (QED) is 0.587. The van der Waals surface area contributed by atoms with Crippen molar-refractivity contribution in [3.63, 3.8) is 0 Å². The van der Waals surface area contributed by atoms with Crippen molar-refractivity contribution in [2.24, 2.45) is 5.10 Å². The van der Waals surface area contributed by atoms with Crippen molar-refractivity contribution in [2.75, 3.05) is 13.1 Å². The van der Waals surface area contributed by atoms with Crippen LogP contribution in [0.2, 0.25) is 0 Å². The van der Waals surface area contributed by atoms with E-state index in [4.69, 9.17) is 0 Å². The molecular formula is C20H25N5O. The minimum Gasteiger partial charge on any atom is -0.311 e. The largest absolute Gasteiger partial charge is 0.311 e. The maximum absolute atomic E-state index is 12.1. The summed E-state index contributed by atoms with van der Waals surface area (Å²) >= 11 is 0. The van der Waals surface area contributed by atoms with Gasteiger partial charge in [-0.05, 0) is 12.5 Å². The first-order valence-corrected chi connectivity index (χ1v) is 8.95. The summed E-state index contributed by atoms with van der Waals surface area (Å²) in [5.74, 6) is 0.0847. The molecule has 6 heteroatoms. The summed E-state index contributed by atoms with van der Waals surface area (Å²) in [5.41, 5.74) is 4.23. The number of benzene rings is 1. The van der Waals surface area contributed by atoms with Gasteiger partial charge in [-0.1, -0.05) is 36.4 Å². The van der Waals surface area contributed by atoms with E-state index >= 15 is 0 Å². The summed E-state index contributed by atoms with van der Waals surface area (Å²) in [6, 6.07) is 10.0. The molecule has 0 aliphatic carbocycles. The first kappa shape index (κ1) is 18.1. The molecule has 0 saturated heterocycles. The number of nitrogens with zero attached hydrogens (tertiary/aromatic N) is 4. The number of aromatic nitrogens is 2. The number of nitrogens with one attached hydrogen (secondary N) is 1. The van der Waals surface area contributed by atoms with Crippen LogP contribution in [0.1, 0.15) is 29.7 Å². The maximum Gasteiger partial charge on any atom is 0.243 e. The molecule has 6 nitrogen and oxygen atoms in total. The Balaban J connectivity index is 1.53. The molecule has 1 aromatic heterocycles. The number of hydrazone groups is 1. The summed E-state index contributed by atoms with van der Waals surface area (Å²) in [6.45, 7) is 8.41. The van der Waals surface area contributed by atoms with Gasteiger partial charge in [0.2, 0.25) is 5.91 Å². The van der Waals surface area contributed by atoms with Crippen LogP contribution in [-0.2, 0) is 17.9 Å². The van der Waals surface area contributed by atoms with Crippen LogP contribution in [0.4, 0.5) is 0 Å². The molecule has 1 aliphatic rings. The van der Waals surface area contributed by atoms with Gasteiger partial charge in [0.25, 0.3) is 0 Å². The van der Waals surface area contributed by atoms with Crippen LogP contribution in [0.15, 0.2) is 54.3 Å². The average molecular weight is 351 g/mol. The molecule has 0 spiro atoms. The first-order chi connectivity index (χ1) is 12.7. The van der Waals surface area contributed by atoms with Crippen LogP contribution in [0.3, 0.4) is 0 Å². The number of amides is 1. The molecule has 1 N–H and O–H groups in total. The highest BCUT2D eigenvalue weighted by Gasteiger charge is 2.20. The number of carbonyl (C=O) groups is 1. The second-order valence-corrected chi connectivity index (χ2v) is 6.36. The fourth-order valence-corrected chi connectivity index (χ4v) is 2.98. The predicted molar refractivity (Wildman–Crippen MR) is 103 cm³/mol. The summed E-state index contributed by atoms with van der Waals surface area (Å²) in [4.78, 5) is 12.1. The minimum atomic E-state index is 0.0847. The van der Waals surface area contributed by atoms with Crippen molar-refractivity contribution in [1.82, 2.24) is 20.1 Å². The Morgan fingerprint density at radius 1 is 1.27 bits per heavy atom. The van der Waals surface area contributed by atoms with Crippen molar-refractivity contribution in [3.8, 4) is 0 Å². The number of allylic oxidation sites excluding steroid dienone is 1. The van der Waals surface area contributed by atoms with E-state index in [1.807, 2.05) is 54.2 Å². The van der Waals surface area contributed by atoms with E-state index in [0.29, 0.717) is 32.5 Å². The van der Waals surface area contributed by atoms with Gasteiger partial charge < -0.3 is 5.32 Å². The third-order valence-corrected chi connectivity index (χ3v) is 4.39. The van der Waals surface area contributed by atoms with E-state index in [1.54, 1.807) is 5.01 Å². The van der Waals surface area contributed by atoms with Gasteiger partial charge in [-0.15, -0.1) is 6.58 Å². The molecule has 0 bridgehead atoms.